The molecule has 0 radical (unpaired) electrons. The number of azo groups is 1. The Hall–Kier alpha value is -3.43. The van der Waals surface area contributed by atoms with Crippen molar-refractivity contribution in [3.63, 3.8) is 0 Å². The van der Waals surface area contributed by atoms with Crippen molar-refractivity contribution in [3.8, 4) is 6.01 Å². The number of ether oxygens (including phenoxy) is 2. The number of aliphatic hydroxyl groups is 1. The molecule has 1 aliphatic heterocycles. The Morgan fingerprint density at radius 3 is 2.72 bits per heavy atom. The van der Waals surface area contributed by atoms with Crippen molar-refractivity contribution in [1.29, 1.82) is 0 Å². The first-order valence-corrected chi connectivity index (χ1v) is 10.6. The Balaban J connectivity index is 1.47. The van der Waals surface area contributed by atoms with Gasteiger partial charge in [-0.2, -0.15) is 15.1 Å². The molecule has 0 bridgehead atoms. The highest BCUT2D eigenvalue weighted by atomic mass is 16.5. The second-order valence-corrected chi connectivity index (χ2v) is 7.26. The maximum absolute atomic E-state index is 9.29. The quantitative estimate of drug-likeness (QED) is 0.516. The van der Waals surface area contributed by atoms with Gasteiger partial charge in [-0.1, -0.05) is 30.3 Å². The van der Waals surface area contributed by atoms with E-state index in [1.54, 1.807) is 6.20 Å². The number of pyridine rings is 1. The zero-order chi connectivity index (χ0) is 22.0. The van der Waals surface area contributed by atoms with Crippen LogP contribution in [0, 0.1) is 0 Å². The van der Waals surface area contributed by atoms with Crippen LogP contribution in [-0.2, 0) is 24.3 Å². The second kappa shape index (κ2) is 11.3. The van der Waals surface area contributed by atoms with E-state index in [9.17, 15) is 5.11 Å². The van der Waals surface area contributed by atoms with Gasteiger partial charge in [0.1, 0.15) is 5.82 Å². The minimum absolute atomic E-state index is 0.000990. The highest BCUT2D eigenvalue weighted by Gasteiger charge is 2.15. The smallest absolute Gasteiger partial charge is 0.320 e. The summed E-state index contributed by atoms with van der Waals surface area (Å²) >= 11 is 0. The molecular weight excluding hydrogens is 408 g/mol. The molecule has 0 aliphatic carbocycles. The van der Waals surface area contributed by atoms with Crippen LogP contribution in [0.25, 0.3) is 0 Å². The summed E-state index contributed by atoms with van der Waals surface area (Å²) in [5, 5.41) is 17.9. The summed E-state index contributed by atoms with van der Waals surface area (Å²) in [5.74, 6) is 1.18. The standard InChI is InChI=1S/C23H26N6O3/c30-17-19-5-3-4-18(14-19)16-25-28-21-15-22(29-9-12-31-13-10-29)27-23(26-21)32-11-7-20-6-1-2-8-24-20/h1-6,8,14-15,30H,7,9-13,16-17H2. The number of hydrogen-bond donors (Lipinski definition) is 1. The van der Waals surface area contributed by atoms with Crippen molar-refractivity contribution in [3.05, 3.63) is 71.5 Å². The normalized spacial score (nSPS) is 14.1. The van der Waals surface area contributed by atoms with E-state index in [1.165, 1.54) is 0 Å². The van der Waals surface area contributed by atoms with Crippen molar-refractivity contribution in [2.45, 2.75) is 19.6 Å². The molecule has 1 fully saturated rings. The number of aliphatic hydroxyl groups excluding tert-OH is 1. The Labute approximate surface area is 186 Å². The molecular formula is C23H26N6O3. The van der Waals surface area contributed by atoms with E-state index in [1.807, 2.05) is 48.5 Å². The average Bonchev–Trinajstić information content (AvgIpc) is 2.85. The van der Waals surface area contributed by atoms with Gasteiger partial charge in [-0.05, 0) is 23.3 Å². The lowest BCUT2D eigenvalue weighted by molar-refractivity contribution is 0.122. The number of rotatable bonds is 9. The van der Waals surface area contributed by atoms with Gasteiger partial charge >= 0.3 is 6.01 Å². The van der Waals surface area contributed by atoms with Crippen LogP contribution in [0.3, 0.4) is 0 Å². The molecule has 0 unspecified atom stereocenters. The molecule has 3 heterocycles. The van der Waals surface area contributed by atoms with Crippen molar-refractivity contribution in [2.75, 3.05) is 37.8 Å². The van der Waals surface area contributed by atoms with Crippen molar-refractivity contribution in [1.82, 2.24) is 15.0 Å². The maximum atomic E-state index is 9.29. The third-order valence-electron chi connectivity index (χ3n) is 4.93. The van der Waals surface area contributed by atoms with Gasteiger partial charge in [0.25, 0.3) is 0 Å². The number of benzene rings is 1. The summed E-state index contributed by atoms with van der Waals surface area (Å²) in [6, 6.07) is 15.5. The Morgan fingerprint density at radius 1 is 1.03 bits per heavy atom. The molecule has 32 heavy (non-hydrogen) atoms. The van der Waals surface area contributed by atoms with E-state index in [2.05, 4.69) is 30.1 Å². The van der Waals surface area contributed by atoms with E-state index in [0.717, 1.165) is 35.7 Å². The third-order valence-corrected chi connectivity index (χ3v) is 4.93. The lowest BCUT2D eigenvalue weighted by atomic mass is 10.1. The molecule has 1 N–H and O–H groups in total. The molecule has 1 aliphatic rings. The monoisotopic (exact) mass is 434 g/mol. The van der Waals surface area contributed by atoms with Gasteiger partial charge in [-0.25, -0.2) is 0 Å². The van der Waals surface area contributed by atoms with Gasteiger partial charge in [0, 0.05) is 37.5 Å². The fraction of sp³-hybridized carbons (Fsp3) is 0.348. The van der Waals surface area contributed by atoms with Crippen LogP contribution in [0.2, 0.25) is 0 Å². The molecule has 0 amide bonds. The lowest BCUT2D eigenvalue weighted by Gasteiger charge is -2.27. The minimum Gasteiger partial charge on any atom is -0.463 e. The van der Waals surface area contributed by atoms with Gasteiger partial charge < -0.3 is 19.5 Å². The minimum atomic E-state index is -0.000990. The van der Waals surface area contributed by atoms with Crippen molar-refractivity contribution in [2.24, 2.45) is 10.2 Å². The van der Waals surface area contributed by atoms with Crippen molar-refractivity contribution < 1.29 is 14.6 Å². The van der Waals surface area contributed by atoms with Gasteiger partial charge in [-0.3, -0.25) is 4.98 Å². The topological polar surface area (TPSA) is 105 Å². The fourth-order valence-corrected chi connectivity index (χ4v) is 3.28. The second-order valence-electron chi connectivity index (χ2n) is 7.26. The first-order chi connectivity index (χ1) is 15.8. The van der Waals surface area contributed by atoms with E-state index in [0.29, 0.717) is 38.6 Å². The summed E-state index contributed by atoms with van der Waals surface area (Å²) in [6.45, 7) is 3.59. The zero-order valence-corrected chi connectivity index (χ0v) is 17.8. The molecule has 0 spiro atoms. The molecule has 4 rings (SSSR count). The summed E-state index contributed by atoms with van der Waals surface area (Å²) in [5.41, 5.74) is 2.76. The number of morpholine rings is 1. The molecule has 0 saturated carbocycles. The maximum Gasteiger partial charge on any atom is 0.320 e. The molecule has 2 aromatic heterocycles. The largest absolute Gasteiger partial charge is 0.463 e. The molecule has 1 aromatic carbocycles. The fourth-order valence-electron chi connectivity index (χ4n) is 3.28. The van der Waals surface area contributed by atoms with Gasteiger partial charge in [0.05, 0.1) is 33.0 Å². The number of aromatic nitrogens is 3. The molecule has 1 saturated heterocycles. The lowest BCUT2D eigenvalue weighted by Crippen LogP contribution is -2.36. The van der Waals surface area contributed by atoms with Crippen LogP contribution in [0.4, 0.5) is 11.6 Å². The van der Waals surface area contributed by atoms with Gasteiger partial charge in [-0.15, -0.1) is 5.11 Å². The SMILES string of the molecule is OCc1cccc(CN=Nc2cc(N3CCOCC3)nc(OCCc3ccccn3)n2)c1. The molecule has 9 nitrogen and oxygen atoms in total. The van der Waals surface area contributed by atoms with Crippen molar-refractivity contribution >= 4 is 11.6 Å². The summed E-state index contributed by atoms with van der Waals surface area (Å²) in [4.78, 5) is 15.4. The highest BCUT2D eigenvalue weighted by molar-refractivity contribution is 5.47. The molecule has 166 valence electrons. The third kappa shape index (κ3) is 6.29. The van der Waals surface area contributed by atoms with Gasteiger partial charge in [0.2, 0.25) is 0 Å². The first kappa shape index (κ1) is 21.8. The number of nitrogens with zero attached hydrogens (tertiary/aromatic N) is 6. The predicted octanol–water partition coefficient (Wildman–Crippen LogP) is 3.11. The van der Waals surface area contributed by atoms with E-state index < -0.39 is 0 Å². The van der Waals surface area contributed by atoms with E-state index in [-0.39, 0.29) is 12.6 Å². The first-order valence-electron chi connectivity index (χ1n) is 10.6. The van der Waals surface area contributed by atoms with Crippen LogP contribution >= 0.6 is 0 Å². The van der Waals surface area contributed by atoms with E-state index >= 15 is 0 Å². The Morgan fingerprint density at radius 2 is 1.91 bits per heavy atom. The molecule has 0 atom stereocenters. The zero-order valence-electron chi connectivity index (χ0n) is 17.8. The number of hydrogen-bond acceptors (Lipinski definition) is 9. The molecule has 9 heteroatoms. The van der Waals surface area contributed by atoms with Crippen LogP contribution in [0.15, 0.2) is 65.0 Å². The predicted molar refractivity (Wildman–Crippen MR) is 119 cm³/mol. The van der Waals surface area contributed by atoms with Crippen LogP contribution < -0.4 is 9.64 Å². The Kier molecular flexibility index (Phi) is 7.67. The van der Waals surface area contributed by atoms with Crippen LogP contribution in [-0.4, -0.2) is 53.0 Å². The summed E-state index contributed by atoms with van der Waals surface area (Å²) in [7, 11) is 0. The van der Waals surface area contributed by atoms with Crippen LogP contribution in [0.1, 0.15) is 16.8 Å². The van der Waals surface area contributed by atoms with Gasteiger partial charge in [0.15, 0.2) is 5.82 Å². The number of anilines is 1. The molecule has 3 aromatic rings. The highest BCUT2D eigenvalue weighted by Crippen LogP contribution is 2.23. The Bertz CT molecular complexity index is 1030. The average molecular weight is 435 g/mol. The summed E-state index contributed by atoms with van der Waals surface area (Å²) < 4.78 is 11.3. The summed E-state index contributed by atoms with van der Waals surface area (Å²) in [6.07, 6.45) is 2.42. The van der Waals surface area contributed by atoms with Crippen LogP contribution in [0.5, 0.6) is 6.01 Å². The van der Waals surface area contributed by atoms with E-state index in [4.69, 9.17) is 9.47 Å².